The standard InChI is InChI=1S/C23H22N4O4S/c1-31-23(28)20(13-17-5-3-2-4-6-17)26-32(29,30)19-9-7-18(8-10-19)15-27-16-25-21-14-24-12-11-22(21)27/h2-12,14,16,20,26H,13,15H2,1H3/t20-/m0/s1. The van der Waals surface area contributed by atoms with E-state index in [1.807, 2.05) is 41.0 Å². The van der Waals surface area contributed by atoms with Gasteiger partial charge in [0.15, 0.2) is 0 Å². The number of methoxy groups -OCH3 is 1. The number of esters is 1. The Bertz CT molecular complexity index is 1320. The van der Waals surface area contributed by atoms with Gasteiger partial charge >= 0.3 is 5.97 Å². The molecule has 8 nitrogen and oxygen atoms in total. The molecule has 0 radical (unpaired) electrons. The fourth-order valence-corrected chi connectivity index (χ4v) is 4.62. The van der Waals surface area contributed by atoms with Crippen LogP contribution in [0.1, 0.15) is 11.1 Å². The average molecular weight is 451 g/mol. The van der Waals surface area contributed by atoms with Crippen LogP contribution in [0, 0.1) is 0 Å². The molecule has 32 heavy (non-hydrogen) atoms. The highest BCUT2D eigenvalue weighted by atomic mass is 32.2. The quantitative estimate of drug-likeness (QED) is 0.414. The fourth-order valence-electron chi connectivity index (χ4n) is 3.43. The van der Waals surface area contributed by atoms with E-state index in [4.69, 9.17) is 4.74 Å². The molecule has 0 amide bonds. The van der Waals surface area contributed by atoms with Gasteiger partial charge < -0.3 is 9.30 Å². The van der Waals surface area contributed by atoms with Gasteiger partial charge in [-0.3, -0.25) is 9.78 Å². The van der Waals surface area contributed by atoms with Gasteiger partial charge in [-0.05, 0) is 35.7 Å². The number of benzene rings is 2. The minimum Gasteiger partial charge on any atom is -0.468 e. The molecule has 9 heteroatoms. The van der Waals surface area contributed by atoms with Crippen molar-refractivity contribution in [2.45, 2.75) is 23.9 Å². The van der Waals surface area contributed by atoms with Gasteiger partial charge in [0, 0.05) is 12.7 Å². The van der Waals surface area contributed by atoms with E-state index >= 15 is 0 Å². The summed E-state index contributed by atoms with van der Waals surface area (Å²) >= 11 is 0. The Labute approximate surface area is 185 Å². The van der Waals surface area contributed by atoms with Gasteiger partial charge in [-0.2, -0.15) is 4.72 Å². The van der Waals surface area contributed by atoms with Crippen LogP contribution in [0.15, 0.2) is 84.3 Å². The molecular weight excluding hydrogens is 428 g/mol. The first-order chi connectivity index (χ1) is 15.5. The molecule has 0 aliphatic rings. The highest BCUT2D eigenvalue weighted by Crippen LogP contribution is 2.16. The van der Waals surface area contributed by atoms with E-state index in [0.717, 1.165) is 22.2 Å². The number of nitrogens with one attached hydrogen (secondary N) is 1. The molecule has 2 aromatic carbocycles. The van der Waals surface area contributed by atoms with Crippen LogP contribution in [0.5, 0.6) is 0 Å². The largest absolute Gasteiger partial charge is 0.468 e. The van der Waals surface area contributed by atoms with Crippen molar-refractivity contribution in [3.63, 3.8) is 0 Å². The molecule has 164 valence electrons. The number of carbonyl (C=O) groups excluding carboxylic acids is 1. The molecule has 0 fully saturated rings. The van der Waals surface area contributed by atoms with Crippen LogP contribution in [0.3, 0.4) is 0 Å². The number of carbonyl (C=O) groups is 1. The number of aromatic nitrogens is 3. The summed E-state index contributed by atoms with van der Waals surface area (Å²) in [7, 11) is -2.69. The normalized spacial score (nSPS) is 12.5. The zero-order valence-electron chi connectivity index (χ0n) is 17.4. The van der Waals surface area contributed by atoms with Gasteiger partial charge in [0.05, 0.1) is 30.0 Å². The second-order valence-corrected chi connectivity index (χ2v) is 8.98. The Morgan fingerprint density at radius 2 is 1.81 bits per heavy atom. The van der Waals surface area contributed by atoms with Gasteiger partial charge in [0.1, 0.15) is 11.6 Å². The van der Waals surface area contributed by atoms with Crippen LogP contribution in [0.4, 0.5) is 0 Å². The first-order valence-electron chi connectivity index (χ1n) is 9.94. The predicted octanol–water partition coefficient (Wildman–Crippen LogP) is 2.54. The van der Waals surface area contributed by atoms with Crippen molar-refractivity contribution in [3.8, 4) is 0 Å². The monoisotopic (exact) mass is 450 g/mol. The number of fused-ring (bicyclic) bond motifs is 1. The summed E-state index contributed by atoms with van der Waals surface area (Å²) in [5.41, 5.74) is 3.47. The Kier molecular flexibility index (Phi) is 6.29. The van der Waals surface area contributed by atoms with Gasteiger partial charge in [0.2, 0.25) is 10.0 Å². The van der Waals surface area contributed by atoms with Crippen molar-refractivity contribution in [1.29, 1.82) is 0 Å². The zero-order valence-corrected chi connectivity index (χ0v) is 18.2. The van der Waals surface area contributed by atoms with E-state index in [0.29, 0.717) is 6.54 Å². The minimum atomic E-state index is -3.93. The molecule has 0 aliphatic carbocycles. The Morgan fingerprint density at radius 1 is 1.06 bits per heavy atom. The van der Waals surface area contributed by atoms with Crippen LogP contribution < -0.4 is 4.72 Å². The van der Waals surface area contributed by atoms with E-state index in [2.05, 4.69) is 14.7 Å². The van der Waals surface area contributed by atoms with Crippen molar-refractivity contribution in [2.75, 3.05) is 7.11 Å². The Morgan fingerprint density at radius 3 is 2.53 bits per heavy atom. The zero-order chi connectivity index (χ0) is 22.6. The number of sulfonamides is 1. The molecular formula is C23H22N4O4S. The molecule has 4 aromatic rings. The second-order valence-electron chi connectivity index (χ2n) is 7.27. The average Bonchev–Trinajstić information content (AvgIpc) is 3.22. The summed E-state index contributed by atoms with van der Waals surface area (Å²) in [5, 5.41) is 0. The van der Waals surface area contributed by atoms with E-state index in [1.165, 1.54) is 19.2 Å². The highest BCUT2D eigenvalue weighted by Gasteiger charge is 2.26. The van der Waals surface area contributed by atoms with Crippen molar-refractivity contribution in [1.82, 2.24) is 19.3 Å². The topological polar surface area (TPSA) is 103 Å². The third-order valence-electron chi connectivity index (χ3n) is 5.08. The maximum Gasteiger partial charge on any atom is 0.324 e. The van der Waals surface area contributed by atoms with Crippen LogP contribution in [0.2, 0.25) is 0 Å². The Balaban J connectivity index is 1.50. The van der Waals surface area contributed by atoms with Gasteiger partial charge in [0.25, 0.3) is 0 Å². The van der Waals surface area contributed by atoms with E-state index in [9.17, 15) is 13.2 Å². The number of nitrogens with zero attached hydrogens (tertiary/aromatic N) is 3. The van der Waals surface area contributed by atoms with Gasteiger partial charge in [-0.1, -0.05) is 42.5 Å². The minimum absolute atomic E-state index is 0.0721. The number of imidazole rings is 1. The van der Waals surface area contributed by atoms with Crippen molar-refractivity contribution < 1.29 is 17.9 Å². The first kappa shape index (κ1) is 21.7. The second kappa shape index (κ2) is 9.29. The van der Waals surface area contributed by atoms with Gasteiger partial charge in [-0.25, -0.2) is 13.4 Å². The summed E-state index contributed by atoms with van der Waals surface area (Å²) in [6.45, 7) is 0.535. The van der Waals surface area contributed by atoms with Crippen LogP contribution in [0.25, 0.3) is 11.0 Å². The highest BCUT2D eigenvalue weighted by molar-refractivity contribution is 7.89. The molecule has 1 atom stereocenters. The Hall–Kier alpha value is -3.56. The maximum absolute atomic E-state index is 12.9. The molecule has 4 rings (SSSR count). The smallest absolute Gasteiger partial charge is 0.324 e. The number of pyridine rings is 1. The molecule has 0 saturated heterocycles. The van der Waals surface area contributed by atoms with Crippen molar-refractivity contribution in [3.05, 3.63) is 90.5 Å². The van der Waals surface area contributed by atoms with Crippen LogP contribution in [-0.4, -0.2) is 42.1 Å². The SMILES string of the molecule is COC(=O)[C@H](Cc1ccccc1)NS(=O)(=O)c1ccc(Cn2cnc3cnccc32)cc1. The lowest BCUT2D eigenvalue weighted by Gasteiger charge is -2.17. The van der Waals surface area contributed by atoms with E-state index < -0.39 is 22.0 Å². The molecule has 0 unspecified atom stereocenters. The summed E-state index contributed by atoms with van der Waals surface area (Å²) in [6.07, 6.45) is 5.31. The fraction of sp³-hybridized carbons (Fsp3) is 0.174. The summed E-state index contributed by atoms with van der Waals surface area (Å²) in [6, 6.07) is 16.6. The third kappa shape index (κ3) is 4.84. The molecule has 0 bridgehead atoms. The molecule has 0 aliphatic heterocycles. The van der Waals surface area contributed by atoms with E-state index in [-0.39, 0.29) is 11.3 Å². The summed E-state index contributed by atoms with van der Waals surface area (Å²) < 4.78 is 35.1. The molecule has 1 N–H and O–H groups in total. The first-order valence-corrected chi connectivity index (χ1v) is 11.4. The van der Waals surface area contributed by atoms with Crippen LogP contribution >= 0.6 is 0 Å². The van der Waals surface area contributed by atoms with E-state index in [1.54, 1.807) is 30.9 Å². The number of ether oxygens (including phenoxy) is 1. The summed E-state index contributed by atoms with van der Waals surface area (Å²) in [4.78, 5) is 20.6. The molecule has 0 spiro atoms. The predicted molar refractivity (Wildman–Crippen MR) is 119 cm³/mol. The molecule has 2 heterocycles. The lowest BCUT2D eigenvalue weighted by Crippen LogP contribution is -2.42. The molecule has 0 saturated carbocycles. The number of rotatable bonds is 8. The lowest BCUT2D eigenvalue weighted by atomic mass is 10.1. The maximum atomic E-state index is 12.9. The lowest BCUT2D eigenvalue weighted by molar-refractivity contribution is -0.142. The van der Waals surface area contributed by atoms with Crippen LogP contribution in [-0.2, 0) is 32.5 Å². The summed E-state index contributed by atoms with van der Waals surface area (Å²) in [5.74, 6) is -0.643. The molecule has 2 aromatic heterocycles. The third-order valence-corrected chi connectivity index (χ3v) is 6.56. The number of hydrogen-bond donors (Lipinski definition) is 1. The van der Waals surface area contributed by atoms with Crippen molar-refractivity contribution >= 4 is 27.0 Å². The van der Waals surface area contributed by atoms with Crippen molar-refractivity contribution in [2.24, 2.45) is 0 Å². The van der Waals surface area contributed by atoms with Gasteiger partial charge in [-0.15, -0.1) is 0 Å². The number of hydrogen-bond acceptors (Lipinski definition) is 6.